The van der Waals surface area contributed by atoms with E-state index in [2.05, 4.69) is 0 Å². The monoisotopic (exact) mass is 506 g/mol. The molecule has 0 unspecified atom stereocenters. The molecule has 2 fully saturated rings. The van der Waals surface area contributed by atoms with Gasteiger partial charge in [-0.2, -0.15) is 0 Å². The van der Waals surface area contributed by atoms with E-state index in [-0.39, 0.29) is 31.8 Å². The summed E-state index contributed by atoms with van der Waals surface area (Å²) in [7, 11) is 0. The summed E-state index contributed by atoms with van der Waals surface area (Å²) in [5.41, 5.74) is -4.13. The smallest absolute Gasteiger partial charge is 0.306 e. The van der Waals surface area contributed by atoms with E-state index in [0.717, 1.165) is 0 Å². The normalized spacial score (nSPS) is 44.3. The van der Waals surface area contributed by atoms with Gasteiger partial charge in [0.15, 0.2) is 5.60 Å². The van der Waals surface area contributed by atoms with Gasteiger partial charge in [0, 0.05) is 48.3 Å². The van der Waals surface area contributed by atoms with Crippen LogP contribution in [0.4, 0.5) is 0 Å². The van der Waals surface area contributed by atoms with Crippen molar-refractivity contribution in [3.63, 3.8) is 0 Å². The lowest BCUT2D eigenvalue weighted by Crippen LogP contribution is -2.66. The highest BCUT2D eigenvalue weighted by atomic mass is 16.6. The standard InChI is InChI=1S/C28H42O8/c1-7-9-20(30)35-24-16(4)27(34)18(22-25(5,6)28(22,24)36-21(31)10-8-2)12-17(14-29)13-26(33)19(27)11-15(3)23(26)32/h11-12,16,18-19,22-24,29,32-34H,7-10,13-14H2,1-6H3/t16-,18+,19-,22-,23+,24-,26-,27-,28-/m1/s1. The van der Waals surface area contributed by atoms with Crippen molar-refractivity contribution in [1.82, 2.24) is 0 Å². The maximum atomic E-state index is 12.9. The Kier molecular flexibility index (Phi) is 6.77. The molecule has 9 atom stereocenters. The maximum absolute atomic E-state index is 12.9. The van der Waals surface area contributed by atoms with Gasteiger partial charge in [-0.3, -0.25) is 9.59 Å². The van der Waals surface area contributed by atoms with Crippen molar-refractivity contribution >= 4 is 11.9 Å². The van der Waals surface area contributed by atoms with Gasteiger partial charge in [-0.15, -0.1) is 0 Å². The molecule has 8 nitrogen and oxygen atoms in total. The molecule has 0 spiro atoms. The molecule has 0 aliphatic heterocycles. The summed E-state index contributed by atoms with van der Waals surface area (Å²) in [6.07, 6.45) is 2.95. The van der Waals surface area contributed by atoms with Crippen molar-refractivity contribution < 1.29 is 39.5 Å². The summed E-state index contributed by atoms with van der Waals surface area (Å²) in [6, 6.07) is 0. The van der Waals surface area contributed by atoms with Crippen LogP contribution in [0.5, 0.6) is 0 Å². The molecule has 0 heterocycles. The quantitative estimate of drug-likeness (QED) is 0.306. The molecule has 36 heavy (non-hydrogen) atoms. The molecule has 0 bridgehead atoms. The summed E-state index contributed by atoms with van der Waals surface area (Å²) in [5, 5.41) is 45.6. The topological polar surface area (TPSA) is 134 Å². The van der Waals surface area contributed by atoms with E-state index in [1.165, 1.54) is 0 Å². The van der Waals surface area contributed by atoms with Crippen molar-refractivity contribution in [3.8, 4) is 0 Å². The highest BCUT2D eigenvalue weighted by Crippen LogP contribution is 2.77. The summed E-state index contributed by atoms with van der Waals surface area (Å²) in [5.74, 6) is -3.50. The average Bonchev–Trinajstić information content (AvgIpc) is 3.23. The summed E-state index contributed by atoms with van der Waals surface area (Å²) < 4.78 is 12.3. The summed E-state index contributed by atoms with van der Waals surface area (Å²) in [6.45, 7) is 10.8. The average molecular weight is 507 g/mol. The maximum Gasteiger partial charge on any atom is 0.306 e. The Morgan fingerprint density at radius 3 is 2.28 bits per heavy atom. The molecule has 2 saturated carbocycles. The van der Waals surface area contributed by atoms with Crippen LogP contribution >= 0.6 is 0 Å². The van der Waals surface area contributed by atoms with Crippen molar-refractivity contribution in [2.75, 3.05) is 6.61 Å². The number of carbonyl (C=O) groups is 2. The first-order chi connectivity index (χ1) is 16.8. The molecule has 202 valence electrons. The van der Waals surface area contributed by atoms with E-state index in [1.807, 2.05) is 27.7 Å². The van der Waals surface area contributed by atoms with Gasteiger partial charge in [-0.25, -0.2) is 0 Å². The van der Waals surface area contributed by atoms with Crippen LogP contribution < -0.4 is 0 Å². The van der Waals surface area contributed by atoms with Crippen LogP contribution in [0.3, 0.4) is 0 Å². The number of esters is 2. The van der Waals surface area contributed by atoms with Crippen LogP contribution in [0, 0.1) is 29.1 Å². The van der Waals surface area contributed by atoms with E-state index < -0.39 is 64.1 Å². The van der Waals surface area contributed by atoms with E-state index in [9.17, 15) is 30.0 Å². The number of aliphatic hydroxyl groups is 4. The molecule has 0 aromatic rings. The van der Waals surface area contributed by atoms with E-state index >= 15 is 0 Å². The molecule has 4 aliphatic carbocycles. The molecule has 0 radical (unpaired) electrons. The molecular formula is C28H42O8. The number of fused-ring (bicyclic) bond motifs is 5. The van der Waals surface area contributed by atoms with Crippen LogP contribution in [0.2, 0.25) is 0 Å². The van der Waals surface area contributed by atoms with Crippen LogP contribution in [-0.2, 0) is 19.1 Å². The summed E-state index contributed by atoms with van der Waals surface area (Å²) in [4.78, 5) is 25.7. The Morgan fingerprint density at radius 2 is 1.69 bits per heavy atom. The van der Waals surface area contributed by atoms with Crippen LogP contribution in [0.15, 0.2) is 23.3 Å². The molecule has 4 rings (SSSR count). The SMILES string of the molecule is CCCC(=O)O[C@@H]1[C@@H](C)[C@]2(O)[C@@H]3C=C(C)[C@H](O)[C@@]3(O)CC(CO)=C[C@H]2[C@@H]2C(C)(C)[C@]12OC(=O)CCC. The third-order valence-corrected chi connectivity index (χ3v) is 9.61. The zero-order valence-corrected chi connectivity index (χ0v) is 22.3. The number of aliphatic hydroxyl groups excluding tert-OH is 2. The molecular weight excluding hydrogens is 464 g/mol. The highest BCUT2D eigenvalue weighted by molar-refractivity contribution is 5.72. The minimum atomic E-state index is -1.73. The minimum Gasteiger partial charge on any atom is -0.458 e. The molecule has 0 saturated heterocycles. The van der Waals surface area contributed by atoms with Crippen LogP contribution in [0.25, 0.3) is 0 Å². The number of hydrogen-bond acceptors (Lipinski definition) is 8. The first-order valence-corrected chi connectivity index (χ1v) is 13.3. The minimum absolute atomic E-state index is 0.00916. The first kappa shape index (κ1) is 27.3. The third kappa shape index (κ3) is 3.47. The van der Waals surface area contributed by atoms with Gasteiger partial charge in [0.25, 0.3) is 0 Å². The zero-order chi connectivity index (χ0) is 26.8. The number of hydrogen-bond donors (Lipinski definition) is 4. The van der Waals surface area contributed by atoms with Gasteiger partial charge < -0.3 is 29.9 Å². The molecule has 8 heteroatoms. The van der Waals surface area contributed by atoms with Crippen LogP contribution in [-0.4, -0.2) is 68.0 Å². The van der Waals surface area contributed by atoms with E-state index in [0.29, 0.717) is 24.0 Å². The fourth-order valence-corrected chi connectivity index (χ4v) is 7.84. The van der Waals surface area contributed by atoms with Crippen LogP contribution in [0.1, 0.15) is 73.6 Å². The largest absolute Gasteiger partial charge is 0.458 e. The van der Waals surface area contributed by atoms with Crippen molar-refractivity contribution in [3.05, 3.63) is 23.3 Å². The number of carbonyl (C=O) groups excluding carboxylic acids is 2. The first-order valence-electron chi connectivity index (χ1n) is 13.3. The van der Waals surface area contributed by atoms with Crippen molar-refractivity contribution in [2.45, 2.75) is 103 Å². The van der Waals surface area contributed by atoms with Gasteiger partial charge in [-0.05, 0) is 30.9 Å². The predicted octanol–water partition coefficient (Wildman–Crippen LogP) is 2.42. The fourth-order valence-electron chi connectivity index (χ4n) is 7.84. The lowest BCUT2D eigenvalue weighted by molar-refractivity contribution is -0.235. The Balaban J connectivity index is 1.91. The van der Waals surface area contributed by atoms with Gasteiger partial charge in [-0.1, -0.05) is 46.8 Å². The Labute approximate surface area is 213 Å². The lowest BCUT2D eigenvalue weighted by atomic mass is 9.59. The second-order valence-corrected chi connectivity index (χ2v) is 12.0. The van der Waals surface area contributed by atoms with Gasteiger partial charge in [0.1, 0.15) is 17.8 Å². The summed E-state index contributed by atoms with van der Waals surface area (Å²) >= 11 is 0. The van der Waals surface area contributed by atoms with Gasteiger partial charge >= 0.3 is 11.9 Å². The fraction of sp³-hybridized carbons (Fsp3) is 0.786. The van der Waals surface area contributed by atoms with Crippen molar-refractivity contribution in [1.29, 1.82) is 0 Å². The van der Waals surface area contributed by atoms with Crippen molar-refractivity contribution in [2.24, 2.45) is 29.1 Å². The predicted molar refractivity (Wildman–Crippen MR) is 131 cm³/mol. The van der Waals surface area contributed by atoms with Gasteiger partial charge in [0.2, 0.25) is 0 Å². The Hall–Kier alpha value is -1.74. The Morgan fingerprint density at radius 1 is 1.08 bits per heavy atom. The Bertz CT molecular complexity index is 984. The molecule has 4 N–H and O–H groups in total. The number of rotatable bonds is 7. The molecule has 0 amide bonds. The van der Waals surface area contributed by atoms with Gasteiger partial charge in [0.05, 0.1) is 12.2 Å². The van der Waals surface area contributed by atoms with E-state index in [1.54, 1.807) is 26.0 Å². The third-order valence-electron chi connectivity index (χ3n) is 9.61. The lowest BCUT2D eigenvalue weighted by Gasteiger charge is -2.53. The van der Waals surface area contributed by atoms with E-state index in [4.69, 9.17) is 9.47 Å². The highest BCUT2D eigenvalue weighted by Gasteiger charge is 2.87. The number of ether oxygens (including phenoxy) is 2. The molecule has 0 aromatic carbocycles. The molecule has 4 aliphatic rings. The second-order valence-electron chi connectivity index (χ2n) is 12.0. The second kappa shape index (κ2) is 8.93. The molecule has 0 aromatic heterocycles. The zero-order valence-electron chi connectivity index (χ0n) is 22.3.